The molecule has 20 heteroatoms. The van der Waals surface area contributed by atoms with Crippen molar-refractivity contribution in [2.24, 2.45) is 0 Å². The molecule has 0 bridgehead atoms. The van der Waals surface area contributed by atoms with E-state index in [0.717, 1.165) is 0 Å². The van der Waals surface area contributed by atoms with Gasteiger partial charge >= 0.3 is 7.12 Å². The average molecular weight is 680 g/mol. The molecule has 240 valence electrons. The second-order valence-electron chi connectivity index (χ2n) is 8.91. The number of rotatable bonds is 5. The Morgan fingerprint density at radius 2 is 0.739 bits per heavy atom. The first-order valence-corrected chi connectivity index (χ1v) is 11.5. The Labute approximate surface area is 241 Å². The van der Waals surface area contributed by atoms with Gasteiger partial charge in [-0.3, -0.25) is 0 Å². The molecular weight excluding hydrogens is 678 g/mol. The van der Waals surface area contributed by atoms with E-state index in [-0.39, 0.29) is 12.1 Å². The fourth-order valence-electron chi connectivity index (χ4n) is 4.27. The summed E-state index contributed by atoms with van der Waals surface area (Å²) in [6.07, 6.45) is 0. The molecule has 0 saturated heterocycles. The highest BCUT2D eigenvalue weighted by Crippen LogP contribution is 2.43. The number of hydrogen-bond donors (Lipinski definition) is 0. The summed E-state index contributed by atoms with van der Waals surface area (Å²) in [7, 11) is -3.72. The molecule has 5 rings (SSSR count). The molecule has 0 N–H and O–H groups in total. The van der Waals surface area contributed by atoms with Gasteiger partial charge in [-0.05, 0) is 0 Å². The van der Waals surface area contributed by atoms with E-state index in [1.165, 1.54) is 0 Å². The molecule has 5 aromatic carbocycles. The molecule has 0 unspecified atom stereocenters. The molecule has 5 aromatic rings. The molecule has 0 aromatic heterocycles. The van der Waals surface area contributed by atoms with Gasteiger partial charge in [0.2, 0.25) is 5.82 Å². The van der Waals surface area contributed by atoms with Crippen LogP contribution in [0.2, 0.25) is 0 Å². The van der Waals surface area contributed by atoms with Gasteiger partial charge in [0.05, 0.1) is 27.0 Å². The van der Waals surface area contributed by atoms with Crippen LogP contribution >= 0.6 is 0 Å². The number of halogens is 17. The predicted molar refractivity (Wildman–Crippen MR) is 120 cm³/mol. The van der Waals surface area contributed by atoms with E-state index in [9.17, 15) is 61.5 Å². The summed E-state index contributed by atoms with van der Waals surface area (Å²) >= 11 is 0. The Morgan fingerprint density at radius 3 is 1.24 bits per heavy atom. The molecule has 0 heterocycles. The van der Waals surface area contributed by atoms with Crippen molar-refractivity contribution in [3.63, 3.8) is 0 Å². The smallest absolute Gasteiger partial charge is 0.519 e. The van der Waals surface area contributed by atoms with Gasteiger partial charge in [-0.1, -0.05) is 0 Å². The highest BCUT2D eigenvalue weighted by atomic mass is 19.2. The van der Waals surface area contributed by atoms with Crippen LogP contribution < -0.4 is 14.8 Å². The summed E-state index contributed by atoms with van der Waals surface area (Å²) in [5.74, 6) is -50.3. The van der Waals surface area contributed by atoms with Crippen LogP contribution in [0.25, 0.3) is 21.5 Å². The summed E-state index contributed by atoms with van der Waals surface area (Å²) in [5, 5.41) is -9.08. The standard InChI is InChI=1S/C26H2BF17O2/c28-3-1-4(29)11(30)5(2-3)45-27(10-17(36)22(41)24(43)23(42)18(10)37)46-26-9-8(16(35)21(40)25(26)44)12(31)6-7(13(9)32)15(34)20(39)19(38)14(6)33/h1-2H. The fraction of sp³-hybridized carbons (Fsp3) is 0. The van der Waals surface area contributed by atoms with Crippen molar-refractivity contribution in [1.82, 2.24) is 0 Å². The van der Waals surface area contributed by atoms with Gasteiger partial charge in [-0.15, -0.1) is 0 Å². The Balaban J connectivity index is 1.92. The molecule has 46 heavy (non-hydrogen) atoms. The zero-order valence-corrected chi connectivity index (χ0v) is 21.0. The van der Waals surface area contributed by atoms with Crippen molar-refractivity contribution < 1.29 is 83.9 Å². The molecule has 0 saturated carbocycles. The van der Waals surface area contributed by atoms with Gasteiger partial charge < -0.3 is 9.31 Å². The normalized spacial score (nSPS) is 11.6. The lowest BCUT2D eigenvalue weighted by Gasteiger charge is -2.21. The van der Waals surface area contributed by atoms with Crippen LogP contribution in [-0.2, 0) is 0 Å². The number of hydrogen-bond acceptors (Lipinski definition) is 2. The summed E-state index contributed by atoms with van der Waals surface area (Å²) in [5.41, 5.74) is -2.45. The molecule has 0 aliphatic rings. The van der Waals surface area contributed by atoms with Crippen molar-refractivity contribution in [2.75, 3.05) is 0 Å². The minimum Gasteiger partial charge on any atom is -0.519 e. The van der Waals surface area contributed by atoms with Gasteiger partial charge in [0, 0.05) is 12.1 Å². The van der Waals surface area contributed by atoms with Crippen molar-refractivity contribution in [2.45, 2.75) is 0 Å². The molecule has 0 aliphatic heterocycles. The third-order valence-corrected chi connectivity index (χ3v) is 6.32. The molecule has 0 spiro atoms. The largest absolute Gasteiger partial charge is 0.639 e. The lowest BCUT2D eigenvalue weighted by Crippen LogP contribution is -2.48. The fourth-order valence-corrected chi connectivity index (χ4v) is 4.27. The third-order valence-electron chi connectivity index (χ3n) is 6.32. The Bertz CT molecular complexity index is 2120. The highest BCUT2D eigenvalue weighted by Gasteiger charge is 2.42. The van der Waals surface area contributed by atoms with Crippen LogP contribution in [0.15, 0.2) is 12.1 Å². The van der Waals surface area contributed by atoms with Crippen molar-refractivity contribution in [3.05, 3.63) is 111 Å². The Morgan fingerprint density at radius 1 is 0.348 bits per heavy atom. The predicted octanol–water partition coefficient (Wildman–Crippen LogP) is 8.21. The van der Waals surface area contributed by atoms with E-state index < -0.39 is 145 Å². The Hall–Kier alpha value is -4.91. The maximum absolute atomic E-state index is 15.6. The monoisotopic (exact) mass is 680 g/mol. The van der Waals surface area contributed by atoms with Crippen LogP contribution in [0.5, 0.6) is 11.5 Å². The van der Waals surface area contributed by atoms with E-state index in [4.69, 9.17) is 0 Å². The first-order chi connectivity index (χ1) is 21.4. The molecule has 0 aliphatic carbocycles. The topological polar surface area (TPSA) is 18.5 Å². The number of fused-ring (bicyclic) bond motifs is 2. The second kappa shape index (κ2) is 11.2. The summed E-state index contributed by atoms with van der Waals surface area (Å²) in [6, 6.07) is -0.332. The lowest BCUT2D eigenvalue weighted by atomic mass is 9.77. The van der Waals surface area contributed by atoms with Crippen LogP contribution in [0.3, 0.4) is 0 Å². The van der Waals surface area contributed by atoms with Crippen LogP contribution in [0.1, 0.15) is 0 Å². The van der Waals surface area contributed by atoms with Crippen LogP contribution in [0, 0.1) is 98.9 Å². The highest BCUT2D eigenvalue weighted by molar-refractivity contribution is 6.63. The summed E-state index contributed by atoms with van der Waals surface area (Å²) < 4.78 is 254. The lowest BCUT2D eigenvalue weighted by molar-refractivity contribution is 0.363. The van der Waals surface area contributed by atoms with E-state index in [2.05, 4.69) is 9.31 Å². The van der Waals surface area contributed by atoms with Crippen molar-refractivity contribution in [3.8, 4) is 11.5 Å². The third kappa shape index (κ3) is 4.60. The van der Waals surface area contributed by atoms with Crippen LogP contribution in [0.4, 0.5) is 74.6 Å². The van der Waals surface area contributed by atoms with E-state index in [1.807, 2.05) is 0 Å². The van der Waals surface area contributed by atoms with Crippen LogP contribution in [-0.4, -0.2) is 7.12 Å². The van der Waals surface area contributed by atoms with Crippen molar-refractivity contribution >= 4 is 34.1 Å². The van der Waals surface area contributed by atoms with E-state index in [1.54, 1.807) is 0 Å². The molecule has 2 nitrogen and oxygen atoms in total. The minimum absolute atomic E-state index is 0.163. The first kappa shape index (κ1) is 32.5. The molecule has 0 amide bonds. The van der Waals surface area contributed by atoms with Gasteiger partial charge in [-0.25, -0.2) is 65.9 Å². The summed E-state index contributed by atoms with van der Waals surface area (Å²) in [6.45, 7) is 0. The second-order valence-corrected chi connectivity index (χ2v) is 8.91. The Kier molecular flexibility index (Phi) is 7.88. The molecule has 0 atom stereocenters. The molecule has 0 radical (unpaired) electrons. The van der Waals surface area contributed by atoms with Gasteiger partial charge in [0.25, 0.3) is 0 Å². The van der Waals surface area contributed by atoms with E-state index >= 15 is 13.2 Å². The average Bonchev–Trinajstić information content (AvgIpc) is 3.00. The van der Waals surface area contributed by atoms with Gasteiger partial charge in [0.15, 0.2) is 81.4 Å². The van der Waals surface area contributed by atoms with Crippen molar-refractivity contribution in [1.29, 1.82) is 0 Å². The summed E-state index contributed by atoms with van der Waals surface area (Å²) in [4.78, 5) is 0. The maximum atomic E-state index is 15.6. The SMILES string of the molecule is Fc1cc(F)c(F)c(OB(Oc2c(F)c(F)c(F)c3c(F)c4c(F)c(F)c(F)c(F)c4c(F)c23)c2c(F)c(F)c(F)c(F)c2F)c1. The zero-order valence-electron chi connectivity index (χ0n) is 21.0. The maximum Gasteiger partial charge on any atom is 0.639 e. The quantitative estimate of drug-likeness (QED) is 0.0613. The van der Waals surface area contributed by atoms with E-state index in [0.29, 0.717) is 0 Å². The molecular formula is C26H2BF17O2. The zero-order chi connectivity index (χ0) is 34.3. The first-order valence-electron chi connectivity index (χ1n) is 11.5. The number of benzene rings is 5. The van der Waals surface area contributed by atoms with Gasteiger partial charge in [0.1, 0.15) is 23.2 Å². The minimum atomic E-state index is -3.72. The molecule has 0 fully saturated rings. The van der Waals surface area contributed by atoms with Gasteiger partial charge in [-0.2, -0.15) is 8.78 Å².